The lowest BCUT2D eigenvalue weighted by Crippen LogP contribution is -2.19. The lowest BCUT2D eigenvalue weighted by Gasteiger charge is -2.10. The van der Waals surface area contributed by atoms with Crippen molar-refractivity contribution in [3.8, 4) is 5.75 Å². The summed E-state index contributed by atoms with van der Waals surface area (Å²) in [5.74, 6) is 0.936. The van der Waals surface area contributed by atoms with Crippen LogP contribution in [0.2, 0.25) is 0 Å². The lowest BCUT2D eigenvalue weighted by molar-refractivity contribution is 0.261. The van der Waals surface area contributed by atoms with Crippen molar-refractivity contribution in [2.75, 3.05) is 27.2 Å². The highest BCUT2D eigenvalue weighted by atomic mass is 32.1. The first-order valence-corrected chi connectivity index (χ1v) is 6.67. The minimum atomic E-state index is 0.720. The van der Waals surface area contributed by atoms with Gasteiger partial charge < -0.3 is 9.64 Å². The van der Waals surface area contributed by atoms with Gasteiger partial charge in [-0.3, -0.25) is 0 Å². The van der Waals surface area contributed by atoms with E-state index in [0.29, 0.717) is 0 Å². The summed E-state index contributed by atoms with van der Waals surface area (Å²) in [5, 5.41) is 1.19. The van der Waals surface area contributed by atoms with Gasteiger partial charge in [-0.1, -0.05) is 6.92 Å². The predicted octanol–water partition coefficient (Wildman–Crippen LogP) is 2.80. The Labute approximate surface area is 106 Å². The molecular formula is C13H18N2OS. The number of hydrogen-bond donors (Lipinski definition) is 0. The molecule has 1 aromatic carbocycles. The standard InChI is InChI=1S/C13H18N2OS/c1-4-13-14-11-6-5-10(9-12(11)17-13)16-8-7-15(2)3/h5-6,9H,4,7-8H2,1-3H3. The first-order valence-electron chi connectivity index (χ1n) is 5.86. The number of hydrogen-bond acceptors (Lipinski definition) is 4. The van der Waals surface area contributed by atoms with Crippen molar-refractivity contribution >= 4 is 21.6 Å². The highest BCUT2D eigenvalue weighted by Gasteiger charge is 2.03. The minimum absolute atomic E-state index is 0.720. The first-order chi connectivity index (χ1) is 8.19. The summed E-state index contributed by atoms with van der Waals surface area (Å²) in [4.78, 5) is 6.65. The van der Waals surface area contributed by atoms with Crippen LogP contribution in [0.15, 0.2) is 18.2 Å². The molecule has 1 aromatic heterocycles. The zero-order valence-corrected chi connectivity index (χ0v) is 11.4. The summed E-state index contributed by atoms with van der Waals surface area (Å²) in [5.41, 5.74) is 1.08. The van der Waals surface area contributed by atoms with E-state index in [0.717, 1.165) is 30.8 Å². The van der Waals surface area contributed by atoms with Gasteiger partial charge in [0.2, 0.25) is 0 Å². The monoisotopic (exact) mass is 250 g/mol. The molecule has 17 heavy (non-hydrogen) atoms. The number of rotatable bonds is 5. The fourth-order valence-corrected chi connectivity index (χ4v) is 2.48. The van der Waals surface area contributed by atoms with Crippen molar-refractivity contribution in [2.45, 2.75) is 13.3 Å². The van der Waals surface area contributed by atoms with E-state index in [-0.39, 0.29) is 0 Å². The van der Waals surface area contributed by atoms with Crippen molar-refractivity contribution in [3.05, 3.63) is 23.2 Å². The van der Waals surface area contributed by atoms with Crippen molar-refractivity contribution in [1.82, 2.24) is 9.88 Å². The van der Waals surface area contributed by atoms with E-state index in [1.54, 1.807) is 11.3 Å². The quantitative estimate of drug-likeness (QED) is 0.816. The molecule has 0 aliphatic carbocycles. The van der Waals surface area contributed by atoms with E-state index in [1.807, 2.05) is 26.2 Å². The van der Waals surface area contributed by atoms with Crippen molar-refractivity contribution in [2.24, 2.45) is 0 Å². The molecule has 4 heteroatoms. The third-order valence-electron chi connectivity index (χ3n) is 2.51. The lowest BCUT2D eigenvalue weighted by atomic mass is 10.3. The molecule has 0 radical (unpaired) electrons. The van der Waals surface area contributed by atoms with Gasteiger partial charge in [-0.05, 0) is 38.7 Å². The van der Waals surface area contributed by atoms with Gasteiger partial charge in [-0.25, -0.2) is 4.98 Å². The van der Waals surface area contributed by atoms with Gasteiger partial charge in [-0.15, -0.1) is 11.3 Å². The number of ether oxygens (including phenoxy) is 1. The van der Waals surface area contributed by atoms with Crippen molar-refractivity contribution in [1.29, 1.82) is 0 Å². The molecule has 0 spiro atoms. The summed E-state index contributed by atoms with van der Waals surface area (Å²) >= 11 is 1.75. The predicted molar refractivity (Wildman–Crippen MR) is 73.0 cm³/mol. The third kappa shape index (κ3) is 3.17. The fourth-order valence-electron chi connectivity index (χ4n) is 1.54. The number of fused-ring (bicyclic) bond motifs is 1. The zero-order chi connectivity index (χ0) is 12.3. The topological polar surface area (TPSA) is 25.4 Å². The highest BCUT2D eigenvalue weighted by molar-refractivity contribution is 7.18. The molecule has 1 heterocycles. The molecule has 0 saturated heterocycles. The molecule has 0 unspecified atom stereocenters. The molecule has 0 fully saturated rings. The maximum absolute atomic E-state index is 5.71. The van der Waals surface area contributed by atoms with Crippen LogP contribution >= 0.6 is 11.3 Å². The van der Waals surface area contributed by atoms with E-state index < -0.39 is 0 Å². The molecule has 92 valence electrons. The van der Waals surface area contributed by atoms with Crippen LogP contribution in [0.25, 0.3) is 10.2 Å². The number of aryl methyl sites for hydroxylation is 1. The second kappa shape index (κ2) is 5.47. The van der Waals surface area contributed by atoms with Crippen LogP contribution in [0.4, 0.5) is 0 Å². The van der Waals surface area contributed by atoms with E-state index in [2.05, 4.69) is 22.9 Å². The van der Waals surface area contributed by atoms with Crippen LogP contribution in [-0.4, -0.2) is 37.1 Å². The Hall–Kier alpha value is -1.13. The van der Waals surface area contributed by atoms with Crippen LogP contribution in [0.5, 0.6) is 5.75 Å². The smallest absolute Gasteiger partial charge is 0.120 e. The second-order valence-corrected chi connectivity index (χ2v) is 5.36. The number of thiazole rings is 1. The average molecular weight is 250 g/mol. The number of benzene rings is 1. The SMILES string of the molecule is CCc1nc2ccc(OCCN(C)C)cc2s1. The largest absolute Gasteiger partial charge is 0.492 e. The van der Waals surface area contributed by atoms with E-state index in [1.165, 1.54) is 9.71 Å². The maximum Gasteiger partial charge on any atom is 0.120 e. The zero-order valence-electron chi connectivity index (χ0n) is 10.6. The van der Waals surface area contributed by atoms with Gasteiger partial charge in [0.25, 0.3) is 0 Å². The molecule has 2 aromatic rings. The maximum atomic E-state index is 5.71. The van der Waals surface area contributed by atoms with E-state index in [4.69, 9.17) is 4.74 Å². The van der Waals surface area contributed by atoms with E-state index >= 15 is 0 Å². The first kappa shape index (κ1) is 12.3. The average Bonchev–Trinajstić information content (AvgIpc) is 2.70. The second-order valence-electron chi connectivity index (χ2n) is 4.24. The highest BCUT2D eigenvalue weighted by Crippen LogP contribution is 2.26. The molecule has 0 saturated carbocycles. The number of likely N-dealkylation sites (N-methyl/N-ethyl adjacent to an activating group) is 1. The van der Waals surface area contributed by atoms with Crippen molar-refractivity contribution in [3.63, 3.8) is 0 Å². The summed E-state index contributed by atoms with van der Waals surface area (Å²) in [6, 6.07) is 6.12. The Kier molecular flexibility index (Phi) is 3.97. The van der Waals surface area contributed by atoms with Gasteiger partial charge >= 0.3 is 0 Å². The molecule has 0 amide bonds. The van der Waals surface area contributed by atoms with Crippen LogP contribution in [-0.2, 0) is 6.42 Å². The minimum Gasteiger partial charge on any atom is -0.492 e. The molecule has 0 aliphatic rings. The number of aromatic nitrogens is 1. The summed E-state index contributed by atoms with van der Waals surface area (Å²) in [6.07, 6.45) is 0.996. The van der Waals surface area contributed by atoms with Crippen LogP contribution in [0.1, 0.15) is 11.9 Å². The van der Waals surface area contributed by atoms with Crippen molar-refractivity contribution < 1.29 is 4.74 Å². The van der Waals surface area contributed by atoms with Crippen LogP contribution < -0.4 is 4.74 Å². The Morgan fingerprint density at radius 2 is 2.18 bits per heavy atom. The summed E-state index contributed by atoms with van der Waals surface area (Å²) < 4.78 is 6.92. The van der Waals surface area contributed by atoms with Gasteiger partial charge in [-0.2, -0.15) is 0 Å². The molecule has 0 atom stereocenters. The normalized spacial score (nSPS) is 11.3. The van der Waals surface area contributed by atoms with Gasteiger partial charge in [0.15, 0.2) is 0 Å². The Balaban J connectivity index is 2.08. The molecule has 0 aliphatic heterocycles. The van der Waals surface area contributed by atoms with Crippen LogP contribution in [0.3, 0.4) is 0 Å². The van der Waals surface area contributed by atoms with E-state index in [9.17, 15) is 0 Å². The molecule has 2 rings (SSSR count). The summed E-state index contributed by atoms with van der Waals surface area (Å²) in [7, 11) is 4.09. The Morgan fingerprint density at radius 3 is 2.88 bits per heavy atom. The molecular weight excluding hydrogens is 232 g/mol. The van der Waals surface area contributed by atoms with Gasteiger partial charge in [0.1, 0.15) is 12.4 Å². The van der Waals surface area contributed by atoms with Crippen LogP contribution in [0, 0.1) is 0 Å². The molecule has 3 nitrogen and oxygen atoms in total. The Bertz CT molecular complexity index is 493. The number of nitrogens with zero attached hydrogens (tertiary/aromatic N) is 2. The van der Waals surface area contributed by atoms with Gasteiger partial charge in [0, 0.05) is 6.54 Å². The molecule has 0 N–H and O–H groups in total. The Morgan fingerprint density at radius 1 is 1.35 bits per heavy atom. The third-order valence-corrected chi connectivity index (χ3v) is 3.68. The summed E-state index contributed by atoms with van der Waals surface area (Å²) in [6.45, 7) is 3.78. The van der Waals surface area contributed by atoms with Gasteiger partial charge in [0.05, 0.1) is 15.2 Å². The molecule has 0 bridgehead atoms. The fraction of sp³-hybridized carbons (Fsp3) is 0.462.